The van der Waals surface area contributed by atoms with Gasteiger partial charge in [-0.3, -0.25) is 4.79 Å². The smallest absolute Gasteiger partial charge is 0.322 e. The molecule has 0 unspecified atom stereocenters. The first kappa shape index (κ1) is 26.9. The molecule has 0 bridgehead atoms. The number of ether oxygens (including phenoxy) is 1. The first-order chi connectivity index (χ1) is 19.6. The Balaban J connectivity index is 1.70. The third-order valence-electron chi connectivity index (χ3n) is 6.39. The van der Waals surface area contributed by atoms with Crippen LogP contribution in [0.25, 0.3) is 33.3 Å². The zero-order valence-electron chi connectivity index (χ0n) is 21.7. The van der Waals surface area contributed by atoms with Crippen molar-refractivity contribution in [2.75, 3.05) is 11.1 Å². The second kappa shape index (κ2) is 10.5. The van der Waals surface area contributed by atoms with Crippen molar-refractivity contribution in [1.82, 2.24) is 19.5 Å². The number of aryl methyl sites for hydroxylation is 2. The van der Waals surface area contributed by atoms with Gasteiger partial charge in [0.25, 0.3) is 0 Å². The van der Waals surface area contributed by atoms with E-state index in [1.54, 1.807) is 35.9 Å². The lowest BCUT2D eigenvalue weighted by atomic mass is 9.97. The van der Waals surface area contributed by atoms with E-state index in [2.05, 4.69) is 32.9 Å². The fraction of sp³-hybridized carbons (Fsp3) is 0.0690. The minimum absolute atomic E-state index is 0.0595. The summed E-state index contributed by atoms with van der Waals surface area (Å²) >= 11 is 0. The highest BCUT2D eigenvalue weighted by atomic mass is 19.2. The number of nitriles is 1. The van der Waals surface area contributed by atoms with Crippen molar-refractivity contribution in [1.29, 1.82) is 5.26 Å². The van der Waals surface area contributed by atoms with Crippen LogP contribution in [0.5, 0.6) is 11.8 Å². The Labute approximate surface area is 231 Å². The summed E-state index contributed by atoms with van der Waals surface area (Å²) in [7, 11) is 1.60. The zero-order valence-corrected chi connectivity index (χ0v) is 21.7. The van der Waals surface area contributed by atoms with E-state index in [1.807, 2.05) is 0 Å². The average Bonchev–Trinajstić information content (AvgIpc) is 3.27. The number of nitrogens with two attached hydrogens (primary N) is 1. The molecule has 0 atom stereocenters. The van der Waals surface area contributed by atoms with E-state index in [0.29, 0.717) is 27.8 Å². The molecule has 0 spiro atoms. The maximum absolute atomic E-state index is 15.6. The van der Waals surface area contributed by atoms with E-state index in [1.165, 1.54) is 25.3 Å². The molecule has 5 rings (SSSR count). The molecule has 0 aliphatic heterocycles. The Morgan fingerprint density at radius 3 is 2.51 bits per heavy atom. The van der Waals surface area contributed by atoms with Crippen molar-refractivity contribution in [3.63, 3.8) is 0 Å². The number of anilines is 2. The van der Waals surface area contributed by atoms with Crippen LogP contribution >= 0.6 is 0 Å². The van der Waals surface area contributed by atoms with Crippen LogP contribution in [0, 0.1) is 35.7 Å². The molecule has 9 nitrogen and oxygen atoms in total. The van der Waals surface area contributed by atoms with Gasteiger partial charge >= 0.3 is 6.01 Å². The van der Waals surface area contributed by atoms with Gasteiger partial charge in [-0.25, -0.2) is 23.1 Å². The van der Waals surface area contributed by atoms with Crippen molar-refractivity contribution in [3.8, 4) is 40.2 Å². The van der Waals surface area contributed by atoms with Crippen LogP contribution in [-0.4, -0.2) is 25.4 Å². The molecule has 0 aliphatic rings. The Morgan fingerprint density at radius 1 is 1.12 bits per heavy atom. The van der Waals surface area contributed by atoms with Crippen LogP contribution in [0.4, 0.5) is 24.7 Å². The van der Waals surface area contributed by atoms with Gasteiger partial charge in [0, 0.05) is 24.4 Å². The first-order valence-corrected chi connectivity index (χ1v) is 12.0. The number of hydrogen-bond donors (Lipinski definition) is 2. The Bertz CT molecular complexity index is 1910. The van der Waals surface area contributed by atoms with Crippen LogP contribution in [0.3, 0.4) is 0 Å². The van der Waals surface area contributed by atoms with Gasteiger partial charge in [0.15, 0.2) is 17.5 Å². The van der Waals surface area contributed by atoms with E-state index < -0.39 is 23.4 Å². The van der Waals surface area contributed by atoms with Crippen molar-refractivity contribution in [3.05, 3.63) is 90.2 Å². The second-order valence-corrected chi connectivity index (χ2v) is 8.87. The predicted molar refractivity (Wildman–Crippen MR) is 146 cm³/mol. The summed E-state index contributed by atoms with van der Waals surface area (Å²) < 4.78 is 51.5. The molecule has 5 aromatic rings. The van der Waals surface area contributed by atoms with Gasteiger partial charge in [-0.1, -0.05) is 18.7 Å². The molecule has 204 valence electrons. The van der Waals surface area contributed by atoms with E-state index in [4.69, 9.17) is 10.5 Å². The lowest BCUT2D eigenvalue weighted by Gasteiger charge is -2.13. The van der Waals surface area contributed by atoms with Gasteiger partial charge < -0.3 is 20.4 Å². The van der Waals surface area contributed by atoms with Gasteiger partial charge in [0.2, 0.25) is 5.91 Å². The van der Waals surface area contributed by atoms with E-state index in [9.17, 15) is 14.4 Å². The summed E-state index contributed by atoms with van der Waals surface area (Å²) in [4.78, 5) is 23.6. The predicted octanol–water partition coefficient (Wildman–Crippen LogP) is 5.79. The number of hydrogen-bond acceptors (Lipinski definition) is 7. The average molecular weight is 556 g/mol. The topological polar surface area (TPSA) is 132 Å². The minimum atomic E-state index is -1.28. The molecule has 0 fully saturated rings. The Morgan fingerprint density at radius 2 is 1.85 bits per heavy atom. The van der Waals surface area contributed by atoms with Gasteiger partial charge in [0.1, 0.15) is 17.6 Å². The third kappa shape index (κ3) is 4.70. The number of rotatable bonds is 6. The number of pyridine rings is 1. The normalized spacial score (nSPS) is 10.8. The minimum Gasteiger partial charge on any atom is -0.424 e. The molecule has 1 amide bonds. The Kier molecular flexibility index (Phi) is 6.86. The molecule has 3 N–H and O–H groups in total. The van der Waals surface area contributed by atoms with Crippen molar-refractivity contribution in [2.24, 2.45) is 7.05 Å². The number of carbonyl (C=O) groups excluding carboxylic acids is 1. The fourth-order valence-electron chi connectivity index (χ4n) is 4.47. The molecule has 0 saturated heterocycles. The third-order valence-corrected chi connectivity index (χ3v) is 6.39. The molecule has 12 heteroatoms. The molecule has 3 heterocycles. The van der Waals surface area contributed by atoms with Crippen LogP contribution in [0.1, 0.15) is 11.3 Å². The van der Waals surface area contributed by atoms with Gasteiger partial charge in [0.05, 0.1) is 39.7 Å². The number of benzene rings is 2. The maximum Gasteiger partial charge on any atom is 0.322 e. The number of aromatic nitrogens is 4. The number of carbonyl (C=O) groups is 1. The van der Waals surface area contributed by atoms with Crippen LogP contribution < -0.4 is 15.8 Å². The molecular weight excluding hydrogens is 535 g/mol. The lowest BCUT2D eigenvalue weighted by Crippen LogP contribution is -2.10. The number of halogens is 3. The number of nitrogens with zero attached hydrogens (tertiary/aromatic N) is 5. The Hall–Kier alpha value is -5.70. The number of nitrogen functional groups attached to an aromatic ring is 1. The van der Waals surface area contributed by atoms with Crippen molar-refractivity contribution in [2.45, 2.75) is 6.92 Å². The van der Waals surface area contributed by atoms with Gasteiger partial charge in [-0.15, -0.1) is 0 Å². The second-order valence-electron chi connectivity index (χ2n) is 8.87. The summed E-state index contributed by atoms with van der Waals surface area (Å²) in [5.41, 5.74) is 7.51. The molecule has 0 radical (unpaired) electrons. The highest BCUT2D eigenvalue weighted by Gasteiger charge is 2.27. The number of nitrogens with one attached hydrogen (secondary N) is 1. The molecule has 3 aromatic heterocycles. The largest absolute Gasteiger partial charge is 0.424 e. The van der Waals surface area contributed by atoms with E-state index in [-0.39, 0.29) is 40.0 Å². The number of amides is 1. The summed E-state index contributed by atoms with van der Waals surface area (Å²) in [6, 6.07) is 11.0. The van der Waals surface area contributed by atoms with Gasteiger partial charge in [-0.2, -0.15) is 10.2 Å². The number of fused-ring (bicyclic) bond motifs is 1. The SMILES string of the molecule is C=CC(=O)Nc1ccc(-c2c(-c3ccc(Oc4ncc(F)c(C)n4)cc3)c3c(N)ncc(C#N)c3n2C)c(F)c1F. The summed E-state index contributed by atoms with van der Waals surface area (Å²) in [5.74, 6) is -3.39. The fourth-order valence-corrected chi connectivity index (χ4v) is 4.47. The molecule has 2 aromatic carbocycles. The standard InChI is InChI=1S/C29H20F3N7O2/c1-4-21(40)38-20-10-9-18(24(31)25(20)32)27-22(23-26(39(27)3)16(11-33)12-35-28(23)34)15-5-7-17(8-6-15)41-29-36-13-19(30)14(2)37-29/h4-10,12-13H,1H2,2-3H3,(H2,34,35)(H,38,40). The molecule has 0 aliphatic carbocycles. The van der Waals surface area contributed by atoms with Crippen LogP contribution in [0.2, 0.25) is 0 Å². The van der Waals surface area contributed by atoms with Crippen LogP contribution in [0.15, 0.2) is 61.4 Å². The first-order valence-electron chi connectivity index (χ1n) is 12.0. The summed E-state index contributed by atoms with van der Waals surface area (Å²) in [5, 5.41) is 12.4. The highest BCUT2D eigenvalue weighted by Crippen LogP contribution is 2.45. The van der Waals surface area contributed by atoms with E-state index >= 15 is 8.78 Å². The quantitative estimate of drug-likeness (QED) is 0.253. The van der Waals surface area contributed by atoms with Crippen LogP contribution in [-0.2, 0) is 11.8 Å². The monoisotopic (exact) mass is 555 g/mol. The maximum atomic E-state index is 15.6. The lowest BCUT2D eigenvalue weighted by molar-refractivity contribution is -0.111. The van der Waals surface area contributed by atoms with Crippen molar-refractivity contribution < 1.29 is 22.7 Å². The van der Waals surface area contributed by atoms with E-state index in [0.717, 1.165) is 12.3 Å². The zero-order chi connectivity index (χ0) is 29.4. The summed E-state index contributed by atoms with van der Waals surface area (Å²) in [6.07, 6.45) is 3.24. The molecule has 0 saturated carbocycles. The highest BCUT2D eigenvalue weighted by molar-refractivity contribution is 6.11. The molecule has 41 heavy (non-hydrogen) atoms. The molecular formula is C29H20F3N7O2. The summed E-state index contributed by atoms with van der Waals surface area (Å²) in [6.45, 7) is 4.79. The van der Waals surface area contributed by atoms with Crippen molar-refractivity contribution >= 4 is 28.3 Å². The van der Waals surface area contributed by atoms with Gasteiger partial charge in [-0.05, 0) is 42.8 Å².